The first-order chi connectivity index (χ1) is 5.34. The van der Waals surface area contributed by atoms with Gasteiger partial charge in [-0.3, -0.25) is 0 Å². The monoisotopic (exact) mass is 266 g/mol. The Hall–Kier alpha value is 0.690. The zero-order chi connectivity index (χ0) is 7.84. The molecule has 2 saturated heterocycles. The first-order valence-corrected chi connectivity index (χ1v) is 7.45. The summed E-state index contributed by atoms with van der Waals surface area (Å²) >= 11 is 0.536. The van der Waals surface area contributed by atoms with E-state index < -0.39 is 0 Å². The molecular weight excluding hydrogens is 249 g/mol. The van der Waals surface area contributed by atoms with Crippen LogP contribution in [0.4, 0.5) is 0 Å². The van der Waals surface area contributed by atoms with E-state index in [-0.39, 0.29) is 0 Å². The fourth-order valence-corrected chi connectivity index (χ4v) is 6.00. The molecule has 0 aromatic heterocycles. The van der Waals surface area contributed by atoms with Gasteiger partial charge >= 0.3 is 79.8 Å². The third-order valence-electron chi connectivity index (χ3n) is 3.03. The Labute approximate surface area is 79.8 Å². The Morgan fingerprint density at radius 3 is 3.09 bits per heavy atom. The summed E-state index contributed by atoms with van der Waals surface area (Å²) in [7, 11) is 0. The molecule has 2 fully saturated rings. The van der Waals surface area contributed by atoms with E-state index in [1.54, 1.807) is 0 Å². The van der Waals surface area contributed by atoms with Gasteiger partial charge in [-0.15, -0.1) is 0 Å². The van der Waals surface area contributed by atoms with Crippen molar-refractivity contribution in [1.29, 1.82) is 0 Å². The van der Waals surface area contributed by atoms with Crippen LogP contribution in [0.5, 0.6) is 0 Å². The second-order valence-electron chi connectivity index (χ2n) is 3.55. The van der Waals surface area contributed by atoms with Crippen molar-refractivity contribution in [2.24, 2.45) is 0 Å². The molecule has 0 radical (unpaired) electrons. The van der Waals surface area contributed by atoms with E-state index in [0.717, 1.165) is 16.0 Å². The molecule has 0 N–H and O–H groups in total. The summed E-state index contributed by atoms with van der Waals surface area (Å²) in [4.78, 5) is 2.72. The molecule has 0 bridgehead atoms. The second kappa shape index (κ2) is 3.21. The van der Waals surface area contributed by atoms with E-state index in [1.165, 1.54) is 23.8 Å². The van der Waals surface area contributed by atoms with Gasteiger partial charge in [-0.1, -0.05) is 0 Å². The Morgan fingerprint density at radius 1 is 1.55 bits per heavy atom. The number of alkyl halides is 2. The molecular formula is C9H17IN-. The summed E-state index contributed by atoms with van der Waals surface area (Å²) in [6, 6.07) is 1.99. The minimum absolute atomic E-state index is 0.536. The molecule has 0 aromatic rings. The standard InChI is InChI=1S/C9H17IN/c1-3-10-9-7(2)11-6-4-5-8(9)11/h7-9H,3-6H2,1-2H3/q-1. The van der Waals surface area contributed by atoms with Crippen LogP contribution in [-0.2, 0) is 0 Å². The van der Waals surface area contributed by atoms with Crippen molar-refractivity contribution in [2.45, 2.75) is 42.7 Å². The van der Waals surface area contributed by atoms with Gasteiger partial charge in [0, 0.05) is 0 Å². The first-order valence-electron chi connectivity index (χ1n) is 4.68. The molecule has 66 valence electrons. The van der Waals surface area contributed by atoms with E-state index in [4.69, 9.17) is 0 Å². The first kappa shape index (κ1) is 8.30. The molecule has 0 aliphatic carbocycles. The molecule has 2 heteroatoms. The predicted octanol–water partition coefficient (Wildman–Crippen LogP) is -1.67. The van der Waals surface area contributed by atoms with Crippen LogP contribution in [0.25, 0.3) is 0 Å². The van der Waals surface area contributed by atoms with Crippen molar-refractivity contribution in [3.05, 3.63) is 0 Å². The van der Waals surface area contributed by atoms with Crippen molar-refractivity contribution in [1.82, 2.24) is 4.90 Å². The van der Waals surface area contributed by atoms with Crippen molar-refractivity contribution in [3.63, 3.8) is 0 Å². The molecule has 3 unspecified atom stereocenters. The molecule has 1 nitrogen and oxygen atoms in total. The average molecular weight is 266 g/mol. The Kier molecular flexibility index (Phi) is 2.42. The Morgan fingerprint density at radius 2 is 2.36 bits per heavy atom. The molecule has 11 heavy (non-hydrogen) atoms. The van der Waals surface area contributed by atoms with Gasteiger partial charge in [-0.05, 0) is 0 Å². The number of nitrogens with zero attached hydrogens (tertiary/aromatic N) is 1. The zero-order valence-electron chi connectivity index (χ0n) is 7.39. The summed E-state index contributed by atoms with van der Waals surface area (Å²) in [5.74, 6) is 0. The van der Waals surface area contributed by atoms with Crippen LogP contribution in [-0.4, -0.2) is 31.9 Å². The third-order valence-corrected chi connectivity index (χ3v) is 6.79. The Bertz CT molecular complexity index is 148. The number of hydrogen-bond donors (Lipinski definition) is 0. The molecule has 2 aliphatic rings. The van der Waals surface area contributed by atoms with E-state index in [1.807, 2.05) is 0 Å². The second-order valence-corrected chi connectivity index (χ2v) is 7.40. The van der Waals surface area contributed by atoms with Gasteiger partial charge in [-0.2, -0.15) is 0 Å². The van der Waals surface area contributed by atoms with Gasteiger partial charge in [0.05, 0.1) is 0 Å². The van der Waals surface area contributed by atoms with Gasteiger partial charge in [0.25, 0.3) is 0 Å². The number of halogens is 1. The zero-order valence-corrected chi connectivity index (χ0v) is 9.54. The van der Waals surface area contributed by atoms with E-state index in [0.29, 0.717) is 21.2 Å². The fourth-order valence-electron chi connectivity index (χ4n) is 2.48. The van der Waals surface area contributed by atoms with Crippen molar-refractivity contribution in [3.8, 4) is 0 Å². The van der Waals surface area contributed by atoms with Crippen LogP contribution in [0.3, 0.4) is 0 Å². The van der Waals surface area contributed by atoms with E-state index in [2.05, 4.69) is 18.7 Å². The predicted molar refractivity (Wildman–Crippen MR) is 43.5 cm³/mol. The summed E-state index contributed by atoms with van der Waals surface area (Å²) in [5, 5.41) is 0. The fraction of sp³-hybridized carbons (Fsp3) is 1.00. The molecule has 3 atom stereocenters. The average Bonchev–Trinajstić information content (AvgIpc) is 2.44. The number of hydrogen-bond acceptors (Lipinski definition) is 1. The van der Waals surface area contributed by atoms with Crippen molar-refractivity contribution in [2.75, 3.05) is 11.0 Å². The summed E-state index contributed by atoms with van der Waals surface area (Å²) in [6.45, 7) is 6.19. The third kappa shape index (κ3) is 1.22. The Balaban J connectivity index is 1.92. The van der Waals surface area contributed by atoms with Crippen LogP contribution in [0.2, 0.25) is 0 Å². The van der Waals surface area contributed by atoms with Crippen LogP contribution in [0.15, 0.2) is 0 Å². The van der Waals surface area contributed by atoms with Crippen LogP contribution < -0.4 is 21.2 Å². The van der Waals surface area contributed by atoms with Gasteiger partial charge in [0.15, 0.2) is 0 Å². The summed E-state index contributed by atoms with van der Waals surface area (Å²) < 4.78 is 2.64. The molecule has 2 rings (SSSR count). The minimum atomic E-state index is 0.536. The normalized spacial score (nSPS) is 44.0. The van der Waals surface area contributed by atoms with Crippen LogP contribution in [0, 0.1) is 0 Å². The maximum atomic E-state index is 2.72. The summed E-state index contributed by atoms with van der Waals surface area (Å²) in [6.07, 6.45) is 2.98. The molecule has 0 amide bonds. The molecule has 0 saturated carbocycles. The SMILES string of the molecule is CC[I-]C1C(C)N2CCCC12. The topological polar surface area (TPSA) is 3.24 Å². The quantitative estimate of drug-likeness (QED) is 0.427. The van der Waals surface area contributed by atoms with E-state index in [9.17, 15) is 0 Å². The van der Waals surface area contributed by atoms with Crippen LogP contribution >= 0.6 is 0 Å². The molecule has 2 heterocycles. The van der Waals surface area contributed by atoms with E-state index >= 15 is 0 Å². The van der Waals surface area contributed by atoms with Crippen molar-refractivity contribution >= 4 is 0 Å². The van der Waals surface area contributed by atoms with Crippen molar-refractivity contribution < 1.29 is 21.2 Å². The van der Waals surface area contributed by atoms with Gasteiger partial charge < -0.3 is 0 Å². The number of fused-ring (bicyclic) bond motifs is 1. The van der Waals surface area contributed by atoms with Crippen LogP contribution in [0.1, 0.15) is 26.7 Å². The maximum absolute atomic E-state index is 2.72. The molecule has 2 aliphatic heterocycles. The van der Waals surface area contributed by atoms with Gasteiger partial charge in [0.2, 0.25) is 0 Å². The summed E-state index contributed by atoms with van der Waals surface area (Å²) in [5.41, 5.74) is 0. The van der Waals surface area contributed by atoms with Gasteiger partial charge in [0.1, 0.15) is 0 Å². The molecule has 0 spiro atoms. The van der Waals surface area contributed by atoms with Gasteiger partial charge in [-0.25, -0.2) is 0 Å². The molecule has 0 aromatic carbocycles. The number of rotatable bonds is 2.